The number of benzene rings is 4. The molecule has 3 fully saturated rings. The van der Waals surface area contributed by atoms with E-state index in [9.17, 15) is 19.5 Å². The second-order valence-electron chi connectivity index (χ2n) is 12.8. The van der Waals surface area contributed by atoms with Crippen LogP contribution in [0.4, 0.5) is 5.69 Å². The smallest absolute Gasteiger partial charge is 0.248 e. The molecule has 8 heteroatoms. The summed E-state index contributed by atoms with van der Waals surface area (Å²) in [6.07, 6.45) is 1.77. The first kappa shape index (κ1) is 29.6. The third-order valence-corrected chi connectivity index (χ3v) is 12.0. The number of likely N-dealkylation sites (tertiary alicyclic amines) is 1. The summed E-state index contributed by atoms with van der Waals surface area (Å²) in [6, 6.07) is 31.7. The van der Waals surface area contributed by atoms with E-state index in [1.165, 1.54) is 0 Å². The van der Waals surface area contributed by atoms with E-state index in [4.69, 9.17) is 0 Å². The third kappa shape index (κ3) is 5.10. The molecular formula is C37H37N3O4S. The molecule has 3 N–H and O–H groups in total. The SMILES string of the molecule is C[C@]12CCC3(S1)C(C(=O)Nc1ccc4ccccc4c1)N([C@@H](CO)Cc1ccccc1)C(=O)[C@@H]3[C@H]2C(=O)NCc1ccccc1. The number of aliphatic hydroxyl groups is 1. The lowest BCUT2D eigenvalue weighted by Crippen LogP contribution is -2.55. The largest absolute Gasteiger partial charge is 0.394 e. The highest BCUT2D eigenvalue weighted by atomic mass is 32.2. The zero-order chi connectivity index (χ0) is 31.2. The molecule has 3 saturated heterocycles. The highest BCUT2D eigenvalue weighted by molar-refractivity contribution is 8.02. The summed E-state index contributed by atoms with van der Waals surface area (Å²) in [5, 5.41) is 19.0. The van der Waals surface area contributed by atoms with E-state index in [1.54, 1.807) is 16.7 Å². The van der Waals surface area contributed by atoms with Crippen LogP contribution < -0.4 is 10.6 Å². The minimum Gasteiger partial charge on any atom is -0.394 e. The van der Waals surface area contributed by atoms with Crippen molar-refractivity contribution in [2.24, 2.45) is 11.8 Å². The predicted molar refractivity (Wildman–Crippen MR) is 177 cm³/mol. The number of aliphatic hydroxyl groups excluding tert-OH is 1. The van der Waals surface area contributed by atoms with Crippen molar-refractivity contribution < 1.29 is 19.5 Å². The van der Waals surface area contributed by atoms with Gasteiger partial charge < -0.3 is 20.6 Å². The summed E-state index contributed by atoms with van der Waals surface area (Å²) < 4.78 is -1.27. The van der Waals surface area contributed by atoms with Crippen molar-refractivity contribution in [3.8, 4) is 0 Å². The van der Waals surface area contributed by atoms with Gasteiger partial charge in [0.25, 0.3) is 0 Å². The monoisotopic (exact) mass is 619 g/mol. The van der Waals surface area contributed by atoms with Crippen LogP contribution in [0, 0.1) is 11.8 Å². The first-order valence-electron chi connectivity index (χ1n) is 15.6. The molecule has 6 atom stereocenters. The van der Waals surface area contributed by atoms with Gasteiger partial charge in [0.15, 0.2) is 0 Å². The average molecular weight is 620 g/mol. The van der Waals surface area contributed by atoms with E-state index in [-0.39, 0.29) is 24.3 Å². The van der Waals surface area contributed by atoms with E-state index in [2.05, 4.69) is 17.6 Å². The number of carbonyl (C=O) groups is 3. The van der Waals surface area contributed by atoms with Crippen molar-refractivity contribution in [3.63, 3.8) is 0 Å². The van der Waals surface area contributed by atoms with Crippen LogP contribution in [0.25, 0.3) is 10.8 Å². The summed E-state index contributed by atoms with van der Waals surface area (Å²) in [6.45, 7) is 2.14. The molecule has 2 bridgehead atoms. The lowest BCUT2D eigenvalue weighted by Gasteiger charge is -2.37. The molecule has 0 saturated carbocycles. The zero-order valence-electron chi connectivity index (χ0n) is 25.2. The van der Waals surface area contributed by atoms with Gasteiger partial charge in [0.2, 0.25) is 17.7 Å². The summed E-state index contributed by atoms with van der Waals surface area (Å²) in [5.74, 6) is -1.93. The van der Waals surface area contributed by atoms with Gasteiger partial charge in [-0.15, -0.1) is 11.8 Å². The van der Waals surface area contributed by atoms with E-state index in [0.717, 1.165) is 28.3 Å². The Morgan fingerprint density at radius 2 is 1.56 bits per heavy atom. The van der Waals surface area contributed by atoms with Gasteiger partial charge in [-0.25, -0.2) is 0 Å². The van der Waals surface area contributed by atoms with Gasteiger partial charge in [-0.2, -0.15) is 0 Å². The quantitative estimate of drug-likeness (QED) is 0.240. The molecule has 1 spiro atoms. The molecule has 0 aliphatic carbocycles. The topological polar surface area (TPSA) is 98.7 Å². The minimum absolute atomic E-state index is 0.159. The molecule has 0 radical (unpaired) electrons. The Labute approximate surface area is 267 Å². The Kier molecular flexibility index (Phi) is 7.66. The summed E-state index contributed by atoms with van der Waals surface area (Å²) in [7, 11) is 0. The first-order chi connectivity index (χ1) is 21.8. The molecule has 3 heterocycles. The number of thioether (sulfide) groups is 1. The minimum atomic E-state index is -0.846. The number of carbonyl (C=O) groups excluding carboxylic acids is 3. The fourth-order valence-electron chi connectivity index (χ4n) is 7.97. The standard InChI is InChI=1S/C37H37N3O4S/c1-36-18-19-37(45-36)31(30(36)33(42)38-22-25-12-6-3-7-13-25)35(44)40(29(23-41)20-24-10-4-2-5-11-24)32(37)34(43)39-28-17-16-26-14-8-9-15-27(26)21-28/h2-17,21,29-32,41H,18-20,22-23H2,1H3,(H,38,42)(H,39,43)/t29-,30+,31+,32?,36-,37?/m1/s1. The molecule has 4 aromatic carbocycles. The molecule has 3 aliphatic rings. The van der Waals surface area contributed by atoms with Crippen molar-refractivity contribution >= 4 is 45.9 Å². The lowest BCUT2D eigenvalue weighted by molar-refractivity contribution is -0.142. The Bertz CT molecular complexity index is 1750. The van der Waals surface area contributed by atoms with Gasteiger partial charge in [-0.3, -0.25) is 14.4 Å². The molecule has 3 aliphatic heterocycles. The van der Waals surface area contributed by atoms with Gasteiger partial charge >= 0.3 is 0 Å². The van der Waals surface area contributed by atoms with Gasteiger partial charge in [-0.1, -0.05) is 91.0 Å². The van der Waals surface area contributed by atoms with Crippen molar-refractivity contribution in [3.05, 3.63) is 114 Å². The number of hydrogen-bond donors (Lipinski definition) is 3. The molecular weight excluding hydrogens is 582 g/mol. The second kappa shape index (κ2) is 11.7. The van der Waals surface area contributed by atoms with Crippen LogP contribution in [0.1, 0.15) is 30.9 Å². The molecule has 3 amide bonds. The van der Waals surface area contributed by atoms with Crippen molar-refractivity contribution in [1.82, 2.24) is 10.2 Å². The summed E-state index contributed by atoms with van der Waals surface area (Å²) >= 11 is 1.64. The Hall–Kier alpha value is -4.14. The van der Waals surface area contributed by atoms with E-state index in [0.29, 0.717) is 25.1 Å². The Morgan fingerprint density at radius 3 is 2.27 bits per heavy atom. The molecule has 230 valence electrons. The van der Waals surface area contributed by atoms with Crippen molar-refractivity contribution in [1.29, 1.82) is 0 Å². The van der Waals surface area contributed by atoms with E-state index < -0.39 is 33.4 Å². The van der Waals surface area contributed by atoms with Crippen LogP contribution in [0.5, 0.6) is 0 Å². The lowest BCUT2D eigenvalue weighted by atomic mass is 9.66. The maximum absolute atomic E-state index is 14.7. The molecule has 7 rings (SSSR count). The van der Waals surface area contributed by atoms with Gasteiger partial charge in [0, 0.05) is 17.0 Å². The molecule has 45 heavy (non-hydrogen) atoms. The van der Waals surface area contributed by atoms with Crippen LogP contribution in [0.15, 0.2) is 103 Å². The number of anilines is 1. The van der Waals surface area contributed by atoms with Gasteiger partial charge in [-0.05, 0) is 60.2 Å². The number of nitrogens with one attached hydrogen (secondary N) is 2. The highest BCUT2D eigenvalue weighted by Crippen LogP contribution is 2.71. The van der Waals surface area contributed by atoms with Crippen LogP contribution >= 0.6 is 11.8 Å². The van der Waals surface area contributed by atoms with Crippen LogP contribution in [0.2, 0.25) is 0 Å². The van der Waals surface area contributed by atoms with Gasteiger partial charge in [0.1, 0.15) is 6.04 Å². The zero-order valence-corrected chi connectivity index (χ0v) is 26.0. The van der Waals surface area contributed by atoms with Crippen molar-refractivity contribution in [2.75, 3.05) is 11.9 Å². The number of nitrogens with zero attached hydrogens (tertiary/aromatic N) is 1. The number of fused-ring (bicyclic) bond motifs is 2. The number of amides is 3. The summed E-state index contributed by atoms with van der Waals surface area (Å²) in [5.41, 5.74) is 2.60. The molecule has 0 aromatic heterocycles. The predicted octanol–water partition coefficient (Wildman–Crippen LogP) is 5.18. The average Bonchev–Trinajstić information content (AvgIpc) is 3.64. The maximum Gasteiger partial charge on any atom is 0.248 e. The second-order valence-corrected chi connectivity index (χ2v) is 14.7. The highest BCUT2D eigenvalue weighted by Gasteiger charge is 2.77. The van der Waals surface area contributed by atoms with Gasteiger partial charge in [0.05, 0.1) is 29.2 Å². The molecule has 2 unspecified atom stereocenters. The third-order valence-electron chi connectivity index (χ3n) is 9.99. The molecule has 4 aromatic rings. The number of rotatable bonds is 9. The van der Waals surface area contributed by atoms with E-state index >= 15 is 0 Å². The fraction of sp³-hybridized carbons (Fsp3) is 0.324. The fourth-order valence-corrected chi connectivity index (χ4v) is 10.3. The normalized spacial score (nSPS) is 27.4. The van der Waals surface area contributed by atoms with Crippen LogP contribution in [-0.2, 0) is 27.3 Å². The summed E-state index contributed by atoms with van der Waals surface area (Å²) in [4.78, 5) is 44.8. The number of hydrogen-bond acceptors (Lipinski definition) is 5. The first-order valence-corrected chi connectivity index (χ1v) is 16.4. The Morgan fingerprint density at radius 1 is 0.889 bits per heavy atom. The van der Waals surface area contributed by atoms with E-state index in [1.807, 2.05) is 103 Å². The van der Waals surface area contributed by atoms with Crippen molar-refractivity contribution in [2.45, 2.75) is 54.3 Å². The van der Waals surface area contributed by atoms with Crippen LogP contribution in [-0.4, -0.2) is 55.9 Å². The van der Waals surface area contributed by atoms with Crippen LogP contribution in [0.3, 0.4) is 0 Å². The maximum atomic E-state index is 14.7. The molecule has 7 nitrogen and oxygen atoms in total. The Balaban J connectivity index is 1.25.